The number of piperidine rings is 1. The van der Waals surface area contributed by atoms with Crippen LogP contribution in [0.15, 0.2) is 12.5 Å². The van der Waals surface area contributed by atoms with Crippen molar-refractivity contribution in [1.29, 1.82) is 0 Å². The molecule has 2 amide bonds. The van der Waals surface area contributed by atoms with Gasteiger partial charge in [0, 0.05) is 26.2 Å². The van der Waals surface area contributed by atoms with Crippen LogP contribution in [0.5, 0.6) is 0 Å². The Morgan fingerprint density at radius 3 is 2.83 bits per heavy atom. The fourth-order valence-electron chi connectivity index (χ4n) is 5.48. The van der Waals surface area contributed by atoms with Gasteiger partial charge in [-0.2, -0.15) is 9.78 Å². The molecule has 1 spiro atoms. The molecule has 30 heavy (non-hydrogen) atoms. The highest BCUT2D eigenvalue weighted by molar-refractivity contribution is 5.98. The van der Waals surface area contributed by atoms with Gasteiger partial charge in [-0.15, -0.1) is 5.10 Å². The summed E-state index contributed by atoms with van der Waals surface area (Å²) in [6.45, 7) is 2.81. The zero-order valence-corrected chi connectivity index (χ0v) is 17.2. The molecule has 1 aliphatic carbocycles. The molecule has 0 bridgehead atoms. The molecule has 0 radical (unpaired) electrons. The van der Waals surface area contributed by atoms with Gasteiger partial charge in [0.2, 0.25) is 5.91 Å². The van der Waals surface area contributed by atoms with Gasteiger partial charge in [0.15, 0.2) is 5.82 Å². The summed E-state index contributed by atoms with van der Waals surface area (Å²) in [6.07, 6.45) is 11.9. The first kappa shape index (κ1) is 19.2. The zero-order valence-electron chi connectivity index (χ0n) is 17.2. The third-order valence-corrected chi connectivity index (χ3v) is 7.10. The third kappa shape index (κ3) is 3.37. The first-order valence-electron chi connectivity index (χ1n) is 11.0. The number of H-pyrrole nitrogens is 1. The van der Waals surface area contributed by atoms with Gasteiger partial charge < -0.3 is 9.80 Å². The SMILES string of the molecule is O=C(c1cn[nH]c1-n1cnnn1)N1CC[C@]2(CCCN(CC3CCCCC3)C2=O)C1. The number of aromatic nitrogens is 6. The minimum absolute atomic E-state index is 0.136. The lowest BCUT2D eigenvalue weighted by Crippen LogP contribution is -2.51. The normalized spacial score (nSPS) is 25.4. The monoisotopic (exact) mass is 412 g/mol. The van der Waals surface area contributed by atoms with Crippen molar-refractivity contribution in [3.05, 3.63) is 18.1 Å². The number of carbonyl (C=O) groups excluding carboxylic acids is 2. The molecule has 2 aromatic rings. The van der Waals surface area contributed by atoms with Gasteiger partial charge in [0.25, 0.3) is 5.91 Å². The van der Waals surface area contributed by atoms with E-state index < -0.39 is 5.41 Å². The van der Waals surface area contributed by atoms with Crippen molar-refractivity contribution in [2.75, 3.05) is 26.2 Å². The lowest BCUT2D eigenvalue weighted by Gasteiger charge is -2.41. The van der Waals surface area contributed by atoms with Crippen molar-refractivity contribution in [2.45, 2.75) is 51.4 Å². The lowest BCUT2D eigenvalue weighted by atomic mass is 9.77. The maximum Gasteiger partial charge on any atom is 0.259 e. The first-order valence-corrected chi connectivity index (χ1v) is 11.0. The van der Waals surface area contributed by atoms with Crippen LogP contribution in [-0.4, -0.2) is 78.2 Å². The number of hydrogen-bond donors (Lipinski definition) is 1. The van der Waals surface area contributed by atoms with E-state index in [1.165, 1.54) is 49.3 Å². The van der Waals surface area contributed by atoms with Gasteiger partial charge >= 0.3 is 0 Å². The van der Waals surface area contributed by atoms with E-state index in [2.05, 4.69) is 30.6 Å². The summed E-state index contributed by atoms with van der Waals surface area (Å²) in [5.74, 6) is 1.20. The predicted octanol–water partition coefficient (Wildman–Crippen LogP) is 1.42. The number of carbonyl (C=O) groups is 2. The first-order chi connectivity index (χ1) is 14.7. The lowest BCUT2D eigenvalue weighted by molar-refractivity contribution is -0.146. The average molecular weight is 412 g/mol. The van der Waals surface area contributed by atoms with Crippen molar-refractivity contribution in [2.24, 2.45) is 11.3 Å². The van der Waals surface area contributed by atoms with Crippen LogP contribution < -0.4 is 0 Å². The summed E-state index contributed by atoms with van der Waals surface area (Å²) in [4.78, 5) is 30.6. The third-order valence-electron chi connectivity index (χ3n) is 7.10. The van der Waals surface area contributed by atoms with Crippen LogP contribution in [0.25, 0.3) is 5.82 Å². The highest BCUT2D eigenvalue weighted by Gasteiger charge is 2.49. The Labute approximate surface area is 175 Å². The molecule has 3 fully saturated rings. The second-order valence-electron chi connectivity index (χ2n) is 9.00. The molecule has 1 N–H and O–H groups in total. The Hall–Kier alpha value is -2.78. The topological polar surface area (TPSA) is 113 Å². The van der Waals surface area contributed by atoms with E-state index in [-0.39, 0.29) is 11.8 Å². The standard InChI is InChI=1S/C20H28N8O2/c29-18(16-11-21-23-17(16)28-14-22-24-25-28)27-10-8-20(13-27)7-4-9-26(19(20)30)12-15-5-2-1-3-6-15/h11,14-15H,1-10,12-13H2,(H,21,23)/t20-/m1/s1. The second-order valence-corrected chi connectivity index (χ2v) is 9.00. The van der Waals surface area contributed by atoms with Gasteiger partial charge in [0.05, 0.1) is 11.6 Å². The number of tetrazole rings is 1. The molecule has 10 heteroatoms. The van der Waals surface area contributed by atoms with Crippen molar-refractivity contribution in [3.63, 3.8) is 0 Å². The van der Waals surface area contributed by atoms with Crippen LogP contribution in [0.3, 0.4) is 0 Å². The summed E-state index contributed by atoms with van der Waals surface area (Å²) in [6, 6.07) is 0. The van der Waals surface area contributed by atoms with Crippen LogP contribution >= 0.6 is 0 Å². The highest BCUT2D eigenvalue weighted by Crippen LogP contribution is 2.41. The molecule has 0 unspecified atom stereocenters. The van der Waals surface area contributed by atoms with E-state index in [4.69, 9.17) is 0 Å². The average Bonchev–Trinajstić information content (AvgIpc) is 3.53. The summed E-state index contributed by atoms with van der Waals surface area (Å²) < 4.78 is 1.39. The van der Waals surface area contributed by atoms with Crippen molar-refractivity contribution in [1.82, 2.24) is 40.2 Å². The Balaban J connectivity index is 1.29. The fourth-order valence-corrected chi connectivity index (χ4v) is 5.48. The minimum Gasteiger partial charge on any atom is -0.342 e. The van der Waals surface area contributed by atoms with E-state index in [0.717, 1.165) is 32.4 Å². The zero-order chi connectivity index (χ0) is 20.6. The van der Waals surface area contributed by atoms with E-state index >= 15 is 0 Å². The maximum atomic E-state index is 13.5. The van der Waals surface area contributed by atoms with E-state index in [1.807, 2.05) is 0 Å². The largest absolute Gasteiger partial charge is 0.342 e. The fraction of sp³-hybridized carbons (Fsp3) is 0.700. The number of likely N-dealkylation sites (tertiary alicyclic amines) is 2. The smallest absolute Gasteiger partial charge is 0.259 e. The van der Waals surface area contributed by atoms with Gasteiger partial charge in [-0.3, -0.25) is 14.7 Å². The van der Waals surface area contributed by atoms with Crippen LogP contribution in [0.1, 0.15) is 61.7 Å². The molecule has 0 aromatic carbocycles. The van der Waals surface area contributed by atoms with Crippen LogP contribution in [-0.2, 0) is 4.79 Å². The van der Waals surface area contributed by atoms with Crippen molar-refractivity contribution < 1.29 is 9.59 Å². The molecule has 3 aliphatic rings. The molecular weight excluding hydrogens is 384 g/mol. The Morgan fingerprint density at radius 1 is 1.17 bits per heavy atom. The molecule has 2 aliphatic heterocycles. The minimum atomic E-state index is -0.429. The molecule has 160 valence electrons. The molecular formula is C20H28N8O2. The Kier molecular flexibility index (Phi) is 5.00. The van der Waals surface area contributed by atoms with Crippen LogP contribution in [0.4, 0.5) is 0 Å². The van der Waals surface area contributed by atoms with Gasteiger partial charge in [0.1, 0.15) is 11.9 Å². The van der Waals surface area contributed by atoms with Crippen molar-refractivity contribution >= 4 is 11.8 Å². The molecule has 10 nitrogen and oxygen atoms in total. The van der Waals surface area contributed by atoms with Gasteiger partial charge in [-0.05, 0) is 48.4 Å². The number of aromatic amines is 1. The number of rotatable bonds is 4. The van der Waals surface area contributed by atoms with Gasteiger partial charge in [-0.25, -0.2) is 0 Å². The Morgan fingerprint density at radius 2 is 2.03 bits per heavy atom. The quantitative estimate of drug-likeness (QED) is 0.813. The number of nitrogens with zero attached hydrogens (tertiary/aromatic N) is 7. The van der Waals surface area contributed by atoms with Crippen molar-refractivity contribution in [3.8, 4) is 5.82 Å². The molecule has 1 saturated carbocycles. The molecule has 5 rings (SSSR count). The second kappa shape index (κ2) is 7.81. The summed E-state index contributed by atoms with van der Waals surface area (Å²) >= 11 is 0. The summed E-state index contributed by atoms with van der Waals surface area (Å²) in [5.41, 5.74) is -0.0111. The molecule has 2 aromatic heterocycles. The number of amides is 2. The molecule has 2 saturated heterocycles. The summed E-state index contributed by atoms with van der Waals surface area (Å²) in [7, 11) is 0. The molecule has 4 heterocycles. The number of hydrogen-bond acceptors (Lipinski definition) is 6. The van der Waals surface area contributed by atoms with Crippen LogP contribution in [0.2, 0.25) is 0 Å². The van der Waals surface area contributed by atoms with E-state index in [9.17, 15) is 9.59 Å². The van der Waals surface area contributed by atoms with E-state index in [0.29, 0.717) is 30.4 Å². The summed E-state index contributed by atoms with van der Waals surface area (Å²) in [5, 5.41) is 17.9. The van der Waals surface area contributed by atoms with Crippen LogP contribution in [0, 0.1) is 11.3 Å². The van der Waals surface area contributed by atoms with E-state index in [1.54, 1.807) is 4.90 Å². The Bertz CT molecular complexity index is 904. The number of nitrogens with one attached hydrogen (secondary N) is 1. The van der Waals surface area contributed by atoms with Gasteiger partial charge in [-0.1, -0.05) is 19.3 Å². The highest BCUT2D eigenvalue weighted by atomic mass is 16.2. The maximum absolute atomic E-state index is 13.5. The molecule has 1 atom stereocenters. The predicted molar refractivity (Wildman–Crippen MR) is 107 cm³/mol.